The van der Waals surface area contributed by atoms with Gasteiger partial charge in [0.15, 0.2) is 5.16 Å². The summed E-state index contributed by atoms with van der Waals surface area (Å²) in [4.78, 5) is 31.5. The van der Waals surface area contributed by atoms with E-state index >= 15 is 0 Å². The van der Waals surface area contributed by atoms with Crippen LogP contribution < -0.4 is 10.9 Å². The number of hydrogen-bond donors (Lipinski definition) is 1. The first-order valence-electron chi connectivity index (χ1n) is 9.88. The molecule has 0 radical (unpaired) electrons. The van der Waals surface area contributed by atoms with Crippen LogP contribution >= 0.6 is 34.7 Å². The lowest BCUT2D eigenvalue weighted by molar-refractivity contribution is -0.119. The molecule has 1 amide bonds. The van der Waals surface area contributed by atoms with Gasteiger partial charge in [-0.2, -0.15) is 0 Å². The molecule has 8 heteroatoms. The summed E-state index contributed by atoms with van der Waals surface area (Å²) in [5.41, 5.74) is 1.33. The lowest BCUT2D eigenvalue weighted by Crippen LogP contribution is -2.30. The lowest BCUT2D eigenvalue weighted by Gasteiger charge is -2.18. The van der Waals surface area contributed by atoms with Crippen LogP contribution in [0.3, 0.4) is 0 Å². The minimum atomic E-state index is -0.233. The second-order valence-corrected chi connectivity index (χ2v) is 9.33. The molecule has 0 aliphatic rings. The molecular weight excluding hydrogens is 462 g/mol. The Kier molecular flexibility index (Phi) is 7.09. The fourth-order valence-corrected chi connectivity index (χ4v) is 5.12. The Morgan fingerprint density at radius 3 is 2.75 bits per heavy atom. The third-order valence-corrected chi connectivity index (χ3v) is 6.94. The molecule has 1 N–H and O–H groups in total. The number of nitrogens with one attached hydrogen (secondary N) is 1. The maximum Gasteiger partial charge on any atom is 0.262 e. The maximum atomic E-state index is 12.9. The minimum Gasteiger partial charge on any atom is -0.344 e. The molecule has 0 aliphatic carbocycles. The number of thioether (sulfide) groups is 1. The molecule has 162 valence electrons. The van der Waals surface area contributed by atoms with Crippen molar-refractivity contribution in [2.75, 3.05) is 5.75 Å². The molecule has 32 heavy (non-hydrogen) atoms. The van der Waals surface area contributed by atoms with E-state index in [1.807, 2.05) is 47.8 Å². The van der Waals surface area contributed by atoms with E-state index in [4.69, 9.17) is 11.6 Å². The van der Waals surface area contributed by atoms with Crippen LogP contribution in [0, 0.1) is 0 Å². The van der Waals surface area contributed by atoms with Gasteiger partial charge in [-0.1, -0.05) is 65.8 Å². The summed E-state index contributed by atoms with van der Waals surface area (Å²) in [6.07, 6.45) is 1.64. The van der Waals surface area contributed by atoms with Crippen LogP contribution in [-0.2, 0) is 11.3 Å². The molecule has 2 aromatic carbocycles. The number of carbonyl (C=O) groups excluding carboxylic acids is 1. The van der Waals surface area contributed by atoms with Gasteiger partial charge >= 0.3 is 0 Å². The van der Waals surface area contributed by atoms with Crippen LogP contribution in [0.1, 0.15) is 16.5 Å². The zero-order valence-electron chi connectivity index (χ0n) is 17.0. The van der Waals surface area contributed by atoms with Gasteiger partial charge in [-0.25, -0.2) is 4.98 Å². The quantitative estimate of drug-likeness (QED) is 0.211. The zero-order valence-corrected chi connectivity index (χ0v) is 19.4. The molecule has 0 saturated heterocycles. The van der Waals surface area contributed by atoms with Crippen molar-refractivity contribution in [3.63, 3.8) is 0 Å². The molecule has 1 unspecified atom stereocenters. The van der Waals surface area contributed by atoms with Gasteiger partial charge in [-0.05, 0) is 35.2 Å². The molecule has 0 spiro atoms. The summed E-state index contributed by atoms with van der Waals surface area (Å²) in [5.74, 6) is -0.0347. The van der Waals surface area contributed by atoms with E-state index in [1.165, 1.54) is 16.3 Å². The molecule has 5 nitrogen and oxygen atoms in total. The fraction of sp³-hybridized carbons (Fsp3) is 0.125. The average molecular weight is 482 g/mol. The molecule has 2 aromatic heterocycles. The van der Waals surface area contributed by atoms with Crippen molar-refractivity contribution in [3.05, 3.63) is 105 Å². The van der Waals surface area contributed by atoms with Gasteiger partial charge < -0.3 is 5.32 Å². The van der Waals surface area contributed by atoms with E-state index in [9.17, 15) is 9.59 Å². The van der Waals surface area contributed by atoms with Crippen molar-refractivity contribution in [1.29, 1.82) is 0 Å². The summed E-state index contributed by atoms with van der Waals surface area (Å²) in [5, 5.41) is 6.53. The van der Waals surface area contributed by atoms with Gasteiger partial charge in [0, 0.05) is 16.4 Å². The molecule has 0 aliphatic heterocycles. The number of aromatic nitrogens is 2. The third-order valence-electron chi connectivity index (χ3n) is 4.79. The van der Waals surface area contributed by atoms with Gasteiger partial charge in [0.25, 0.3) is 5.56 Å². The Hall–Kier alpha value is -2.87. The summed E-state index contributed by atoms with van der Waals surface area (Å²) in [7, 11) is 0. The largest absolute Gasteiger partial charge is 0.344 e. The smallest absolute Gasteiger partial charge is 0.262 e. The predicted octanol–water partition coefficient (Wildman–Crippen LogP) is 5.30. The highest BCUT2D eigenvalue weighted by Gasteiger charge is 2.19. The molecule has 0 bridgehead atoms. The van der Waals surface area contributed by atoms with E-state index < -0.39 is 0 Å². The van der Waals surface area contributed by atoms with Gasteiger partial charge in [0.05, 0.1) is 22.7 Å². The monoisotopic (exact) mass is 481 g/mol. The minimum absolute atomic E-state index is 0.115. The number of carbonyl (C=O) groups is 1. The summed E-state index contributed by atoms with van der Waals surface area (Å²) in [6.45, 7) is 4.03. The van der Waals surface area contributed by atoms with E-state index in [2.05, 4.69) is 16.9 Å². The second kappa shape index (κ2) is 10.2. The third kappa shape index (κ3) is 4.96. The number of halogens is 1. The van der Waals surface area contributed by atoms with Crippen molar-refractivity contribution in [2.45, 2.75) is 17.7 Å². The fourth-order valence-electron chi connectivity index (χ4n) is 3.33. The van der Waals surface area contributed by atoms with Crippen molar-refractivity contribution in [1.82, 2.24) is 14.9 Å². The van der Waals surface area contributed by atoms with E-state index in [-0.39, 0.29) is 23.3 Å². The van der Waals surface area contributed by atoms with Crippen LogP contribution in [-0.4, -0.2) is 21.2 Å². The highest BCUT2D eigenvalue weighted by Crippen LogP contribution is 2.26. The summed E-state index contributed by atoms with van der Waals surface area (Å²) in [6, 6.07) is 18.6. The molecule has 4 aromatic rings. The van der Waals surface area contributed by atoms with Gasteiger partial charge in [0.1, 0.15) is 0 Å². The number of amides is 1. The Balaban J connectivity index is 1.57. The van der Waals surface area contributed by atoms with E-state index in [1.54, 1.807) is 35.6 Å². The van der Waals surface area contributed by atoms with E-state index in [0.717, 1.165) is 10.4 Å². The predicted molar refractivity (Wildman–Crippen MR) is 133 cm³/mol. The number of hydrogen-bond acceptors (Lipinski definition) is 5. The first-order valence-corrected chi connectivity index (χ1v) is 12.1. The number of nitrogens with zero attached hydrogens (tertiary/aromatic N) is 2. The van der Waals surface area contributed by atoms with Gasteiger partial charge in [-0.3, -0.25) is 14.2 Å². The number of benzene rings is 2. The first-order chi connectivity index (χ1) is 15.6. The van der Waals surface area contributed by atoms with Crippen LogP contribution in [0.25, 0.3) is 10.9 Å². The lowest BCUT2D eigenvalue weighted by atomic mass is 10.1. The zero-order chi connectivity index (χ0) is 22.5. The number of fused-ring (bicyclic) bond motifs is 1. The number of allylic oxidation sites excluding steroid dienone is 1. The number of thiophene rings is 1. The van der Waals surface area contributed by atoms with Gasteiger partial charge in [0.2, 0.25) is 5.91 Å². The van der Waals surface area contributed by atoms with Crippen LogP contribution in [0.5, 0.6) is 0 Å². The van der Waals surface area contributed by atoms with E-state index in [0.29, 0.717) is 27.6 Å². The van der Waals surface area contributed by atoms with Crippen LogP contribution in [0.2, 0.25) is 5.02 Å². The highest BCUT2D eigenvalue weighted by molar-refractivity contribution is 7.99. The molecule has 2 heterocycles. The van der Waals surface area contributed by atoms with Crippen molar-refractivity contribution < 1.29 is 4.79 Å². The highest BCUT2D eigenvalue weighted by atomic mass is 35.5. The van der Waals surface area contributed by atoms with Crippen molar-refractivity contribution >= 4 is 51.5 Å². The Morgan fingerprint density at radius 1 is 1.22 bits per heavy atom. The van der Waals surface area contributed by atoms with Crippen LogP contribution in [0.4, 0.5) is 0 Å². The first kappa shape index (κ1) is 22.3. The Labute approximate surface area is 198 Å². The number of rotatable bonds is 8. The maximum absolute atomic E-state index is 12.9. The molecule has 0 fully saturated rings. The summed E-state index contributed by atoms with van der Waals surface area (Å²) >= 11 is 8.89. The standard InChI is InChI=1S/C24H20ClN3O2S2/c1-2-12-28-23(30)18-11-10-17(25)14-19(18)26-24(28)32-15-21(29)27-22(20-9-6-13-31-20)16-7-4-3-5-8-16/h2-11,13-14,22H,1,12,15H2,(H,27,29). The average Bonchev–Trinajstić information content (AvgIpc) is 3.33. The topological polar surface area (TPSA) is 64.0 Å². The molecule has 4 rings (SSSR count). The van der Waals surface area contributed by atoms with Crippen LogP contribution in [0.15, 0.2) is 88.6 Å². The Bertz CT molecular complexity index is 1300. The molecule has 1 atom stereocenters. The molecule has 0 saturated carbocycles. The van der Waals surface area contributed by atoms with Gasteiger partial charge in [-0.15, -0.1) is 17.9 Å². The second-order valence-electron chi connectivity index (χ2n) is 6.98. The summed E-state index contributed by atoms with van der Waals surface area (Å²) < 4.78 is 1.52. The Morgan fingerprint density at radius 2 is 2.03 bits per heavy atom. The SMILES string of the molecule is C=CCn1c(SCC(=O)NC(c2ccccc2)c2cccs2)nc2cc(Cl)ccc2c1=O. The normalized spacial score (nSPS) is 11.9. The van der Waals surface area contributed by atoms with Crippen molar-refractivity contribution in [2.24, 2.45) is 0 Å². The van der Waals surface area contributed by atoms with Crippen molar-refractivity contribution in [3.8, 4) is 0 Å². The molecular formula is C24H20ClN3O2S2.